The lowest BCUT2D eigenvalue weighted by atomic mass is 9.61. The van der Waals surface area contributed by atoms with E-state index in [9.17, 15) is 0 Å². The molecule has 4 heterocycles. The minimum atomic E-state index is -0.0661. The normalized spacial score (nSPS) is 21.6. The van der Waals surface area contributed by atoms with E-state index in [2.05, 4.69) is 374 Å². The van der Waals surface area contributed by atoms with Crippen molar-refractivity contribution in [1.29, 1.82) is 0 Å². The van der Waals surface area contributed by atoms with Gasteiger partial charge in [0.25, 0.3) is 0 Å². The molecular weight excluding hydrogens is 1570 g/mol. The molecule has 2 saturated carbocycles. The lowest BCUT2D eigenvalue weighted by molar-refractivity contribution is 0.194. The second-order valence-corrected chi connectivity index (χ2v) is 46.2. The molecule has 122 heavy (non-hydrogen) atoms. The number of nitrogens with zero attached hydrogens (tertiary/aromatic N) is 3. The van der Waals surface area contributed by atoms with Crippen LogP contribution in [0.1, 0.15) is 310 Å². The van der Waals surface area contributed by atoms with E-state index in [1.54, 1.807) is 6.26 Å². The molecule has 12 aromatic rings. The molecule has 2 fully saturated rings. The summed E-state index contributed by atoms with van der Waals surface area (Å²) >= 11 is 10.0. The highest BCUT2D eigenvalue weighted by Gasteiger charge is 2.60. The zero-order valence-corrected chi connectivity index (χ0v) is 80.9. The predicted octanol–water partition coefficient (Wildman–Crippen LogP) is 34.0. The van der Waals surface area contributed by atoms with E-state index in [0.29, 0.717) is 0 Å². The SMILES string of the molecule is CC(C)(C)c1ccc(N)c(-c2ccccc2)c1.CC1(C)CCC(C)(C)c2cc3c(Br)coc3cc21.Cc1cc(Cl)cc(N2c3ccc(C(C)(C)C)cc3C3(C)CCCCC23C)c1.Cc1cc(N(c2ccc(C(C)(C)C)cc2-c2ccccc2)c2coc3cc4c(cc23)C(C)(C)CCC4(C)C)cc(N2c3ccc(C(C)(C)C)cc3C3(C)CCCCC23C)c1. The second-order valence-electron chi connectivity index (χ2n) is 44.9. The fourth-order valence-corrected chi connectivity index (χ4v) is 22.4. The highest BCUT2D eigenvalue weighted by atomic mass is 79.9. The summed E-state index contributed by atoms with van der Waals surface area (Å²) in [5.41, 5.74) is 40.2. The second kappa shape index (κ2) is 31.4. The van der Waals surface area contributed by atoms with Crippen LogP contribution in [0.4, 0.5) is 45.5 Å². The molecule has 640 valence electrons. The summed E-state index contributed by atoms with van der Waals surface area (Å²) in [6, 6.07) is 72.5. The van der Waals surface area contributed by atoms with Gasteiger partial charge in [-0.25, -0.2) is 0 Å². The molecule has 6 nitrogen and oxygen atoms in total. The topological polar surface area (TPSA) is 62.0 Å². The molecule has 0 saturated heterocycles. The van der Waals surface area contributed by atoms with Crippen LogP contribution in [0, 0.1) is 13.8 Å². The Hall–Kier alpha value is -8.75. The highest BCUT2D eigenvalue weighted by Crippen LogP contribution is 2.64. The number of rotatable bonds is 7. The third kappa shape index (κ3) is 15.9. The van der Waals surface area contributed by atoms with Gasteiger partial charge >= 0.3 is 0 Å². The zero-order chi connectivity index (χ0) is 88.0. The largest absolute Gasteiger partial charge is 0.463 e. The third-order valence-electron chi connectivity index (χ3n) is 30.2. The zero-order valence-electron chi connectivity index (χ0n) is 78.6. The molecular formula is C114H138BrClN4O2. The van der Waals surface area contributed by atoms with Crippen LogP contribution in [-0.2, 0) is 54.1 Å². The fourth-order valence-electron chi connectivity index (χ4n) is 21.7. The molecule has 6 aliphatic rings. The Labute approximate surface area is 746 Å². The van der Waals surface area contributed by atoms with Gasteiger partial charge in [-0.15, -0.1) is 0 Å². The van der Waals surface area contributed by atoms with Crippen LogP contribution in [0.25, 0.3) is 44.2 Å². The number of hydrogen-bond acceptors (Lipinski definition) is 6. The Kier molecular flexibility index (Phi) is 22.7. The van der Waals surface area contributed by atoms with Crippen molar-refractivity contribution >= 4 is 95.0 Å². The number of fused-ring (bicyclic) bond motifs is 10. The summed E-state index contributed by atoms with van der Waals surface area (Å²) in [7, 11) is 0. The van der Waals surface area contributed by atoms with Gasteiger partial charge in [-0.3, -0.25) is 0 Å². The van der Waals surface area contributed by atoms with Crippen LogP contribution in [0.3, 0.4) is 0 Å². The monoisotopic (exact) mass is 1710 g/mol. The minimum absolute atomic E-state index is 0.0126. The first-order valence-corrected chi connectivity index (χ1v) is 46.7. The average molecular weight is 1710 g/mol. The lowest BCUT2D eigenvalue weighted by Gasteiger charge is -2.50. The van der Waals surface area contributed by atoms with E-state index in [-0.39, 0.29) is 65.2 Å². The van der Waals surface area contributed by atoms with Crippen molar-refractivity contribution in [3.63, 3.8) is 0 Å². The molecule has 2 N–H and O–H groups in total. The Balaban J connectivity index is 0.000000151. The molecule has 2 aromatic heterocycles. The van der Waals surface area contributed by atoms with Crippen LogP contribution in [0.2, 0.25) is 5.02 Å². The minimum Gasteiger partial charge on any atom is -0.463 e. The van der Waals surface area contributed by atoms with Gasteiger partial charge in [0.1, 0.15) is 23.7 Å². The number of benzene rings is 10. The van der Waals surface area contributed by atoms with Crippen LogP contribution in [0.15, 0.2) is 220 Å². The molecule has 0 spiro atoms. The van der Waals surface area contributed by atoms with Gasteiger partial charge in [-0.05, 0) is 313 Å². The number of anilines is 8. The van der Waals surface area contributed by atoms with E-state index < -0.39 is 0 Å². The molecule has 0 radical (unpaired) electrons. The summed E-state index contributed by atoms with van der Waals surface area (Å²) in [6.45, 7) is 61.1. The molecule has 10 aromatic carbocycles. The van der Waals surface area contributed by atoms with Gasteiger partial charge in [0.2, 0.25) is 0 Å². The molecule has 2 aliphatic heterocycles. The molecule has 0 bridgehead atoms. The number of aryl methyl sites for hydroxylation is 2. The number of hydrogen-bond donors (Lipinski definition) is 1. The van der Waals surface area contributed by atoms with Crippen molar-refractivity contribution in [3.05, 3.63) is 283 Å². The Morgan fingerprint density at radius 3 is 1.22 bits per heavy atom. The van der Waals surface area contributed by atoms with E-state index in [4.69, 9.17) is 26.2 Å². The van der Waals surface area contributed by atoms with Crippen molar-refractivity contribution in [1.82, 2.24) is 0 Å². The Morgan fingerprint density at radius 2 is 0.754 bits per heavy atom. The Bertz CT molecular complexity index is 5920. The quantitative estimate of drug-likeness (QED) is 0.161. The van der Waals surface area contributed by atoms with Gasteiger partial charge in [0, 0.05) is 71.9 Å². The number of halogens is 2. The number of nitrogens with two attached hydrogens (primary N) is 1. The summed E-state index contributed by atoms with van der Waals surface area (Å²) in [5.74, 6) is 0. The van der Waals surface area contributed by atoms with Crippen LogP contribution in [0.5, 0.6) is 0 Å². The van der Waals surface area contributed by atoms with Crippen LogP contribution >= 0.6 is 27.5 Å². The van der Waals surface area contributed by atoms with Crippen molar-refractivity contribution < 1.29 is 8.83 Å². The van der Waals surface area contributed by atoms with Gasteiger partial charge in [0.05, 0.1) is 26.9 Å². The van der Waals surface area contributed by atoms with Crippen LogP contribution in [-0.4, -0.2) is 11.1 Å². The standard InChI is InChI=1S/C57H68N2O.C25H32ClN.C16H19BrO.C16H19N/c1-37-29-41(33-42(30-37)59-49-24-22-40(53(5,6)7)32-47(49)56(12)25-17-18-26-57(56,59)13)58(48-23-21-39(52(2,3)4)31-43(48)38-19-15-14-16-20-38)50-36-60-51-35-46-45(34-44(50)51)54(8,9)27-28-55(46,10)11;1-17-13-19(26)16-20(14-17)27-22-10-9-18(23(2,3)4)15-21(22)24(5)11-7-8-12-25(24,27)6;1-15(2)5-6-16(3,4)12-8-14-10(7-11(12)15)13(17)9-18-14;1-16(2,3)13-9-10-15(17)14(11-13)12-7-5-4-6-8-12/h14-16,19-24,29-36H,17-18,25-28H2,1-13H3;9-10,13-16H,7-8,11-12H2,1-6H3;7-9H,5-6H2,1-4H3;4-11H,17H2,1-3H3. The van der Waals surface area contributed by atoms with E-state index >= 15 is 0 Å². The maximum atomic E-state index is 6.72. The van der Waals surface area contributed by atoms with Crippen LogP contribution < -0.4 is 20.4 Å². The predicted molar refractivity (Wildman–Crippen MR) is 528 cm³/mol. The van der Waals surface area contributed by atoms with Gasteiger partial charge < -0.3 is 29.3 Å². The molecule has 18 rings (SSSR count). The van der Waals surface area contributed by atoms with E-state index in [1.807, 2.05) is 36.6 Å². The van der Waals surface area contributed by atoms with Crippen molar-refractivity contribution in [2.45, 2.75) is 322 Å². The van der Waals surface area contributed by atoms with E-state index in [1.165, 1.54) is 176 Å². The van der Waals surface area contributed by atoms with Crippen molar-refractivity contribution in [2.24, 2.45) is 0 Å². The van der Waals surface area contributed by atoms with Gasteiger partial charge in [0.15, 0.2) is 0 Å². The Morgan fingerprint density at radius 1 is 0.369 bits per heavy atom. The first-order valence-electron chi connectivity index (χ1n) is 45.5. The smallest absolute Gasteiger partial charge is 0.136 e. The molecule has 4 unspecified atom stereocenters. The summed E-state index contributed by atoms with van der Waals surface area (Å²) < 4.78 is 13.4. The highest BCUT2D eigenvalue weighted by molar-refractivity contribution is 9.10. The third-order valence-corrected chi connectivity index (χ3v) is 31.1. The van der Waals surface area contributed by atoms with Gasteiger partial charge in [-0.2, -0.15) is 0 Å². The van der Waals surface area contributed by atoms with Gasteiger partial charge in [-0.1, -0.05) is 287 Å². The number of nitrogen functional groups attached to an aromatic ring is 1. The maximum Gasteiger partial charge on any atom is 0.136 e. The summed E-state index contributed by atoms with van der Waals surface area (Å²) in [4.78, 5) is 7.87. The molecule has 4 atom stereocenters. The fraction of sp³-hybridized carbons (Fsp3) is 0.439. The number of furan rings is 2. The van der Waals surface area contributed by atoms with Crippen molar-refractivity contribution in [2.75, 3.05) is 20.4 Å². The van der Waals surface area contributed by atoms with Crippen molar-refractivity contribution in [3.8, 4) is 22.3 Å². The molecule has 4 aliphatic carbocycles. The first-order chi connectivity index (χ1) is 57.0. The molecule has 8 heteroatoms. The first kappa shape index (κ1) is 88.1. The maximum absolute atomic E-state index is 6.72. The summed E-state index contributed by atoms with van der Waals surface area (Å²) in [5, 5.41) is 3.18. The average Bonchev–Trinajstić information content (AvgIpc) is 1.53. The summed E-state index contributed by atoms with van der Waals surface area (Å²) in [6.07, 6.45) is 18.6. The lowest BCUT2D eigenvalue weighted by Crippen LogP contribution is -2.54. The van der Waals surface area contributed by atoms with E-state index in [0.717, 1.165) is 67.2 Å². The molecule has 0 amide bonds.